The van der Waals surface area contributed by atoms with Crippen LogP contribution in [0.15, 0.2) is 48.5 Å². The maximum Gasteiger partial charge on any atom is 0.312 e. The zero-order valence-corrected chi connectivity index (χ0v) is 16.7. The van der Waals surface area contributed by atoms with Gasteiger partial charge in [-0.2, -0.15) is 0 Å². The molecule has 0 aliphatic rings. The van der Waals surface area contributed by atoms with Crippen LogP contribution in [0.2, 0.25) is 0 Å². The van der Waals surface area contributed by atoms with Crippen molar-refractivity contribution >= 4 is 22.8 Å². The third-order valence-corrected chi connectivity index (χ3v) is 4.19. The average Bonchev–Trinajstić information content (AvgIpc) is 2.53. The molecule has 0 saturated heterocycles. The van der Waals surface area contributed by atoms with E-state index in [1.165, 1.54) is 0 Å². The molecular weight excluding hydrogens is 348 g/mol. The van der Waals surface area contributed by atoms with E-state index in [-0.39, 0.29) is 5.97 Å². The number of ether oxygens (including phenoxy) is 1. The molecule has 0 spiro atoms. The van der Waals surface area contributed by atoms with Gasteiger partial charge in [-0.1, -0.05) is 42.5 Å². The molecule has 2 aromatic carbocycles. The van der Waals surface area contributed by atoms with Crippen LogP contribution in [0.25, 0.3) is 11.1 Å². The van der Waals surface area contributed by atoms with Crippen LogP contribution in [0.1, 0.15) is 50.5 Å². The van der Waals surface area contributed by atoms with Crippen molar-refractivity contribution in [2.45, 2.75) is 46.6 Å². The number of hydrogen-bond donors (Lipinski definition) is 0. The van der Waals surface area contributed by atoms with Crippen molar-refractivity contribution in [1.82, 2.24) is 0 Å². The number of rotatable bonds is 5. The van der Waals surface area contributed by atoms with Gasteiger partial charge in [-0.3, -0.25) is 9.59 Å². The van der Waals surface area contributed by atoms with E-state index in [1.54, 1.807) is 12.1 Å². The van der Waals surface area contributed by atoms with E-state index in [0.29, 0.717) is 12.0 Å². The summed E-state index contributed by atoms with van der Waals surface area (Å²) in [5.41, 5.74) is 2.33. The summed E-state index contributed by atoms with van der Waals surface area (Å²) < 4.78 is 5.52. The first-order valence-electron chi connectivity index (χ1n) is 8.61. The summed E-state index contributed by atoms with van der Waals surface area (Å²) in [7, 11) is 0. The Morgan fingerprint density at radius 1 is 0.923 bits per heavy atom. The molecule has 2 rings (SSSR count). The van der Waals surface area contributed by atoms with Crippen molar-refractivity contribution in [3.05, 3.63) is 59.7 Å². The van der Waals surface area contributed by atoms with Gasteiger partial charge in [-0.25, -0.2) is 0 Å². The largest absolute Gasteiger partial charge is 0.460 e. The van der Waals surface area contributed by atoms with E-state index in [2.05, 4.69) is 0 Å². The fourth-order valence-electron chi connectivity index (χ4n) is 2.63. The zero-order valence-electron chi connectivity index (χ0n) is 15.9. The van der Waals surface area contributed by atoms with Crippen LogP contribution in [0, 0.1) is 5.41 Å². The summed E-state index contributed by atoms with van der Waals surface area (Å²) in [5, 5.41) is -0.470. The lowest BCUT2D eigenvalue weighted by Crippen LogP contribution is -2.35. The van der Waals surface area contributed by atoms with Crippen LogP contribution in [0.4, 0.5) is 0 Å². The Bertz CT molecular complexity index is 799. The molecule has 0 aliphatic heterocycles. The molecule has 26 heavy (non-hydrogen) atoms. The second kappa shape index (κ2) is 7.63. The highest BCUT2D eigenvalue weighted by molar-refractivity contribution is 6.67. The minimum Gasteiger partial charge on any atom is -0.460 e. The van der Waals surface area contributed by atoms with E-state index in [4.69, 9.17) is 16.3 Å². The van der Waals surface area contributed by atoms with Crippen LogP contribution in [-0.2, 0) is 16.0 Å². The van der Waals surface area contributed by atoms with Gasteiger partial charge in [0.2, 0.25) is 0 Å². The molecule has 0 aliphatic carbocycles. The molecule has 3 nitrogen and oxygen atoms in total. The number of halogens is 1. The van der Waals surface area contributed by atoms with Crippen LogP contribution in [-0.4, -0.2) is 16.8 Å². The third kappa shape index (κ3) is 5.43. The maximum atomic E-state index is 12.4. The monoisotopic (exact) mass is 372 g/mol. The Morgan fingerprint density at radius 2 is 1.54 bits per heavy atom. The molecule has 0 heterocycles. The second-order valence-corrected chi connectivity index (χ2v) is 8.46. The Kier molecular flexibility index (Phi) is 5.92. The standard InChI is InChI=1S/C22H25ClO3/c1-21(2,3)26-20(25)22(4,5)14-15-9-11-16(12-10-15)17-7-6-8-18(13-17)19(23)24/h6-13H,14H2,1-5H3. The fraction of sp³-hybridized carbons (Fsp3) is 0.364. The van der Waals surface area contributed by atoms with Crippen molar-refractivity contribution in [2.75, 3.05) is 0 Å². The highest BCUT2D eigenvalue weighted by Crippen LogP contribution is 2.28. The Morgan fingerprint density at radius 3 is 2.08 bits per heavy atom. The number of carbonyl (C=O) groups is 2. The summed E-state index contributed by atoms with van der Waals surface area (Å²) in [5.74, 6) is -0.206. The van der Waals surface area contributed by atoms with E-state index < -0.39 is 16.3 Å². The van der Waals surface area contributed by atoms with Crippen molar-refractivity contribution in [3.8, 4) is 11.1 Å². The minimum atomic E-state index is -0.611. The lowest BCUT2D eigenvalue weighted by molar-refractivity contribution is -0.165. The van der Waals surface area contributed by atoms with Gasteiger partial charge in [0.05, 0.1) is 5.41 Å². The summed E-state index contributed by atoms with van der Waals surface area (Å²) >= 11 is 5.55. The smallest absolute Gasteiger partial charge is 0.312 e. The molecule has 4 heteroatoms. The van der Waals surface area contributed by atoms with Gasteiger partial charge in [0.1, 0.15) is 5.60 Å². The molecule has 0 saturated carbocycles. The molecule has 2 aromatic rings. The van der Waals surface area contributed by atoms with E-state index in [0.717, 1.165) is 16.7 Å². The molecule has 0 amide bonds. The molecule has 0 aromatic heterocycles. The molecule has 0 radical (unpaired) electrons. The average molecular weight is 373 g/mol. The molecular formula is C22H25ClO3. The SMILES string of the molecule is CC(C)(C)OC(=O)C(C)(C)Cc1ccc(-c2cccc(C(=O)Cl)c2)cc1. The van der Waals surface area contributed by atoms with Gasteiger partial charge in [0.25, 0.3) is 5.24 Å². The van der Waals surface area contributed by atoms with E-state index in [1.807, 2.05) is 71.0 Å². The Labute approximate surface area is 160 Å². The lowest BCUT2D eigenvalue weighted by Gasteiger charge is -2.28. The van der Waals surface area contributed by atoms with Gasteiger partial charge < -0.3 is 4.74 Å². The predicted molar refractivity (Wildman–Crippen MR) is 105 cm³/mol. The zero-order chi connectivity index (χ0) is 19.5. The van der Waals surface area contributed by atoms with E-state index >= 15 is 0 Å². The predicted octanol–water partition coefficient (Wildman–Crippen LogP) is 5.64. The Hall–Kier alpha value is -2.13. The van der Waals surface area contributed by atoms with Crippen LogP contribution < -0.4 is 0 Å². The maximum absolute atomic E-state index is 12.4. The van der Waals surface area contributed by atoms with Crippen LogP contribution in [0.5, 0.6) is 0 Å². The highest BCUT2D eigenvalue weighted by Gasteiger charge is 2.32. The minimum absolute atomic E-state index is 0.206. The number of benzene rings is 2. The summed E-state index contributed by atoms with van der Waals surface area (Å²) in [6, 6.07) is 15.2. The Balaban J connectivity index is 2.16. The first-order chi connectivity index (χ1) is 12.0. The van der Waals surface area contributed by atoms with Crippen molar-refractivity contribution in [3.63, 3.8) is 0 Å². The first-order valence-corrected chi connectivity index (χ1v) is 8.98. The van der Waals surface area contributed by atoms with Crippen molar-refractivity contribution in [1.29, 1.82) is 0 Å². The number of carbonyl (C=O) groups excluding carboxylic acids is 2. The molecule has 0 bridgehead atoms. The normalized spacial score (nSPS) is 11.9. The van der Waals surface area contributed by atoms with Crippen molar-refractivity contribution < 1.29 is 14.3 Å². The number of hydrogen-bond acceptors (Lipinski definition) is 3. The second-order valence-electron chi connectivity index (χ2n) is 8.11. The summed E-state index contributed by atoms with van der Waals surface area (Å²) in [6.45, 7) is 9.40. The van der Waals surface area contributed by atoms with Gasteiger partial charge in [-0.05, 0) is 75.4 Å². The number of esters is 1. The van der Waals surface area contributed by atoms with Gasteiger partial charge in [0, 0.05) is 5.56 Å². The third-order valence-electron chi connectivity index (χ3n) is 3.97. The molecule has 0 unspecified atom stereocenters. The fourth-order valence-corrected chi connectivity index (χ4v) is 2.75. The molecule has 0 atom stereocenters. The summed E-state index contributed by atoms with van der Waals surface area (Å²) in [6.07, 6.45) is 0.586. The first kappa shape index (κ1) is 20.2. The lowest BCUT2D eigenvalue weighted by atomic mass is 9.85. The van der Waals surface area contributed by atoms with Gasteiger partial charge >= 0.3 is 5.97 Å². The molecule has 138 valence electrons. The van der Waals surface area contributed by atoms with Crippen molar-refractivity contribution in [2.24, 2.45) is 5.41 Å². The van der Waals surface area contributed by atoms with Crippen LogP contribution >= 0.6 is 11.6 Å². The van der Waals surface area contributed by atoms with Gasteiger partial charge in [-0.15, -0.1) is 0 Å². The summed E-state index contributed by atoms with van der Waals surface area (Å²) in [4.78, 5) is 23.7. The topological polar surface area (TPSA) is 43.4 Å². The highest BCUT2D eigenvalue weighted by atomic mass is 35.5. The van der Waals surface area contributed by atoms with Crippen LogP contribution in [0.3, 0.4) is 0 Å². The van der Waals surface area contributed by atoms with E-state index in [9.17, 15) is 9.59 Å². The molecule has 0 N–H and O–H groups in total. The van der Waals surface area contributed by atoms with Gasteiger partial charge in [0.15, 0.2) is 0 Å². The quantitative estimate of drug-likeness (QED) is 0.503. The molecule has 0 fully saturated rings.